The Labute approximate surface area is 134 Å². The van der Waals surface area contributed by atoms with E-state index in [-0.39, 0.29) is 30.3 Å². The molecule has 1 saturated heterocycles. The van der Waals surface area contributed by atoms with E-state index in [1.54, 1.807) is 13.0 Å². The summed E-state index contributed by atoms with van der Waals surface area (Å²) in [6.45, 7) is 3.37. The van der Waals surface area contributed by atoms with Crippen molar-refractivity contribution in [1.82, 2.24) is 10.6 Å². The van der Waals surface area contributed by atoms with Gasteiger partial charge in [0.1, 0.15) is 0 Å². The number of alkyl halides is 3. The first kappa shape index (κ1) is 18.8. The average Bonchev–Trinajstić information content (AvgIpc) is 2.91. The molecule has 1 aromatic rings. The van der Waals surface area contributed by atoms with Gasteiger partial charge in [-0.15, -0.1) is 12.4 Å². The molecular formula is C15H20ClF3N2O. The van der Waals surface area contributed by atoms with Crippen molar-refractivity contribution < 1.29 is 18.0 Å². The van der Waals surface area contributed by atoms with Crippen molar-refractivity contribution in [1.29, 1.82) is 0 Å². The van der Waals surface area contributed by atoms with Gasteiger partial charge >= 0.3 is 6.18 Å². The van der Waals surface area contributed by atoms with Crippen LogP contribution in [0.2, 0.25) is 0 Å². The van der Waals surface area contributed by atoms with Gasteiger partial charge in [-0.25, -0.2) is 0 Å². The van der Waals surface area contributed by atoms with Crippen molar-refractivity contribution in [2.24, 2.45) is 5.92 Å². The van der Waals surface area contributed by atoms with Crippen LogP contribution in [-0.4, -0.2) is 25.0 Å². The molecule has 22 heavy (non-hydrogen) atoms. The van der Waals surface area contributed by atoms with E-state index in [0.29, 0.717) is 12.0 Å². The molecule has 124 valence electrons. The molecule has 1 amide bonds. The molecule has 0 spiro atoms. The Balaban J connectivity index is 0.00000242. The minimum atomic E-state index is -4.35. The minimum absolute atomic E-state index is 0. The van der Waals surface area contributed by atoms with E-state index < -0.39 is 11.7 Å². The van der Waals surface area contributed by atoms with Crippen LogP contribution < -0.4 is 10.6 Å². The maximum absolute atomic E-state index is 12.6. The van der Waals surface area contributed by atoms with E-state index in [4.69, 9.17) is 0 Å². The molecule has 0 saturated carbocycles. The predicted molar refractivity (Wildman–Crippen MR) is 81.0 cm³/mol. The number of rotatable bonds is 4. The zero-order valence-corrected chi connectivity index (χ0v) is 13.1. The molecule has 2 atom stereocenters. The maximum atomic E-state index is 12.6. The smallest absolute Gasteiger partial charge is 0.352 e. The molecule has 1 aliphatic rings. The highest BCUT2D eigenvalue weighted by Gasteiger charge is 2.30. The van der Waals surface area contributed by atoms with Gasteiger partial charge in [-0.05, 0) is 31.0 Å². The summed E-state index contributed by atoms with van der Waals surface area (Å²) in [6, 6.07) is 5.28. The highest BCUT2D eigenvalue weighted by Crippen LogP contribution is 2.30. The highest BCUT2D eigenvalue weighted by molar-refractivity contribution is 5.85. The molecule has 2 N–H and O–H groups in total. The lowest BCUT2D eigenvalue weighted by molar-refractivity contribution is -0.137. The van der Waals surface area contributed by atoms with Gasteiger partial charge in [0.25, 0.3) is 0 Å². The minimum Gasteiger partial charge on any atom is -0.352 e. The Kier molecular flexibility index (Phi) is 6.68. The van der Waals surface area contributed by atoms with Crippen molar-refractivity contribution in [3.05, 3.63) is 35.4 Å². The first-order chi connectivity index (χ1) is 9.86. The van der Waals surface area contributed by atoms with E-state index >= 15 is 0 Å². The summed E-state index contributed by atoms with van der Waals surface area (Å²) in [5.41, 5.74) is -0.148. The van der Waals surface area contributed by atoms with Gasteiger partial charge in [-0.1, -0.05) is 25.1 Å². The van der Waals surface area contributed by atoms with Gasteiger partial charge in [0, 0.05) is 18.5 Å². The fourth-order valence-corrected chi connectivity index (χ4v) is 2.44. The standard InChI is InChI=1S/C15H19F3N2O.ClH/c1-10(14(21)20-13-5-6-19-9-13)7-11-3-2-4-12(8-11)15(16,17)18;/h2-4,8,10,13,19H,5-7,9H2,1H3,(H,20,21);1H. The van der Waals surface area contributed by atoms with Gasteiger partial charge in [-0.2, -0.15) is 13.2 Å². The second-order valence-corrected chi connectivity index (χ2v) is 5.50. The van der Waals surface area contributed by atoms with Crippen LogP contribution in [0.15, 0.2) is 24.3 Å². The van der Waals surface area contributed by atoms with E-state index in [0.717, 1.165) is 31.6 Å². The summed E-state index contributed by atoms with van der Waals surface area (Å²) in [4.78, 5) is 12.0. The molecule has 3 nitrogen and oxygen atoms in total. The van der Waals surface area contributed by atoms with Crippen LogP contribution in [0.4, 0.5) is 13.2 Å². The molecule has 0 radical (unpaired) electrons. The predicted octanol–water partition coefficient (Wildman–Crippen LogP) is 2.78. The van der Waals surface area contributed by atoms with Gasteiger partial charge < -0.3 is 10.6 Å². The normalized spacial score (nSPS) is 19.4. The number of hydrogen-bond donors (Lipinski definition) is 2. The third-order valence-electron chi connectivity index (χ3n) is 3.65. The summed E-state index contributed by atoms with van der Waals surface area (Å²) in [6.07, 6.45) is -3.16. The van der Waals surface area contributed by atoms with E-state index in [2.05, 4.69) is 10.6 Å². The quantitative estimate of drug-likeness (QED) is 0.887. The topological polar surface area (TPSA) is 41.1 Å². The fourth-order valence-electron chi connectivity index (χ4n) is 2.44. The maximum Gasteiger partial charge on any atom is 0.416 e. The largest absolute Gasteiger partial charge is 0.416 e. The number of amides is 1. The van der Waals surface area contributed by atoms with Crippen LogP contribution in [0.5, 0.6) is 0 Å². The van der Waals surface area contributed by atoms with Crippen LogP contribution in [0.3, 0.4) is 0 Å². The molecule has 1 aliphatic heterocycles. The summed E-state index contributed by atoms with van der Waals surface area (Å²) in [7, 11) is 0. The lowest BCUT2D eigenvalue weighted by atomic mass is 9.98. The zero-order valence-electron chi connectivity index (χ0n) is 12.2. The van der Waals surface area contributed by atoms with Crippen LogP contribution in [0, 0.1) is 5.92 Å². The summed E-state index contributed by atoms with van der Waals surface area (Å²) < 4.78 is 37.9. The van der Waals surface area contributed by atoms with Gasteiger partial charge in [0.2, 0.25) is 5.91 Å². The Morgan fingerprint density at radius 2 is 2.18 bits per heavy atom. The van der Waals surface area contributed by atoms with E-state index in [1.165, 1.54) is 6.07 Å². The van der Waals surface area contributed by atoms with Crippen LogP contribution >= 0.6 is 12.4 Å². The van der Waals surface area contributed by atoms with Crippen molar-refractivity contribution in [3.63, 3.8) is 0 Å². The SMILES string of the molecule is CC(Cc1cccc(C(F)(F)F)c1)C(=O)NC1CCNC1.Cl. The number of halogens is 4. The molecule has 0 bridgehead atoms. The molecule has 1 fully saturated rings. The monoisotopic (exact) mass is 336 g/mol. The summed E-state index contributed by atoms with van der Waals surface area (Å²) in [5.74, 6) is -0.463. The lowest BCUT2D eigenvalue weighted by Crippen LogP contribution is -2.39. The third-order valence-corrected chi connectivity index (χ3v) is 3.65. The first-order valence-electron chi connectivity index (χ1n) is 7.03. The fraction of sp³-hybridized carbons (Fsp3) is 0.533. The molecule has 7 heteroatoms. The molecular weight excluding hydrogens is 317 g/mol. The van der Waals surface area contributed by atoms with Crippen LogP contribution in [-0.2, 0) is 17.4 Å². The Bertz CT molecular complexity index is 502. The van der Waals surface area contributed by atoms with Gasteiger partial charge in [0.15, 0.2) is 0 Å². The van der Waals surface area contributed by atoms with E-state index in [1.807, 2.05) is 0 Å². The summed E-state index contributed by atoms with van der Waals surface area (Å²) in [5, 5.41) is 6.07. The zero-order chi connectivity index (χ0) is 15.5. The molecule has 0 aromatic heterocycles. The van der Waals surface area contributed by atoms with Crippen molar-refractivity contribution in [3.8, 4) is 0 Å². The number of carbonyl (C=O) groups is 1. The average molecular weight is 337 g/mol. The number of nitrogens with one attached hydrogen (secondary N) is 2. The van der Waals surface area contributed by atoms with Crippen molar-refractivity contribution in [2.45, 2.75) is 32.0 Å². The Morgan fingerprint density at radius 1 is 1.45 bits per heavy atom. The lowest BCUT2D eigenvalue weighted by Gasteiger charge is -2.17. The van der Waals surface area contributed by atoms with Crippen molar-refractivity contribution >= 4 is 18.3 Å². The Hall–Kier alpha value is -1.27. The van der Waals surface area contributed by atoms with Crippen LogP contribution in [0.25, 0.3) is 0 Å². The van der Waals surface area contributed by atoms with Gasteiger partial charge in [-0.3, -0.25) is 4.79 Å². The highest BCUT2D eigenvalue weighted by atomic mass is 35.5. The number of benzene rings is 1. The summed E-state index contributed by atoms with van der Waals surface area (Å²) >= 11 is 0. The molecule has 2 unspecified atom stereocenters. The van der Waals surface area contributed by atoms with Crippen LogP contribution in [0.1, 0.15) is 24.5 Å². The second kappa shape index (κ2) is 7.83. The van der Waals surface area contributed by atoms with Crippen molar-refractivity contribution in [2.75, 3.05) is 13.1 Å². The molecule has 1 aromatic carbocycles. The number of hydrogen-bond acceptors (Lipinski definition) is 2. The second-order valence-electron chi connectivity index (χ2n) is 5.50. The first-order valence-corrected chi connectivity index (χ1v) is 7.03. The van der Waals surface area contributed by atoms with Gasteiger partial charge in [0.05, 0.1) is 5.56 Å². The third kappa shape index (κ3) is 5.18. The molecule has 1 heterocycles. The van der Waals surface area contributed by atoms with E-state index in [9.17, 15) is 18.0 Å². The number of carbonyl (C=O) groups excluding carboxylic acids is 1. The molecule has 2 rings (SSSR count). The Morgan fingerprint density at radius 3 is 2.77 bits per heavy atom. The molecule has 0 aliphatic carbocycles.